The molecule has 1 heterocycles. The van der Waals surface area contributed by atoms with Crippen molar-refractivity contribution < 1.29 is 13.8 Å². The van der Waals surface area contributed by atoms with Gasteiger partial charge >= 0.3 is 0 Å². The highest BCUT2D eigenvalue weighted by atomic mass is 32.2. The van der Waals surface area contributed by atoms with Crippen molar-refractivity contribution in [2.45, 2.75) is 29.7 Å². The number of amides is 2. The van der Waals surface area contributed by atoms with Gasteiger partial charge in [0.05, 0.1) is 31.8 Å². The fourth-order valence-corrected chi connectivity index (χ4v) is 5.57. The standard InChI is InChI=1S/C26H22N2O3S/c1-2-28-22-15-20(25(29)27-16-17-10-11-18-6-5-7-19(18)14-17)12-13-24(22)32(31)23-9-4-3-8-21(23)26(28)30/h3-6,8-15H,2,7,16H2,1H3,(H,27,29). The highest BCUT2D eigenvalue weighted by Gasteiger charge is 2.30. The van der Waals surface area contributed by atoms with Crippen LogP contribution < -0.4 is 10.2 Å². The molecule has 0 fully saturated rings. The molecule has 160 valence electrons. The monoisotopic (exact) mass is 442 g/mol. The normalized spacial score (nSPS) is 16.2. The number of rotatable bonds is 4. The molecule has 5 nitrogen and oxygen atoms in total. The average molecular weight is 443 g/mol. The molecule has 0 aromatic heterocycles. The van der Waals surface area contributed by atoms with Crippen molar-refractivity contribution in [2.75, 3.05) is 11.4 Å². The van der Waals surface area contributed by atoms with Gasteiger partial charge in [0.15, 0.2) is 0 Å². The van der Waals surface area contributed by atoms with Gasteiger partial charge < -0.3 is 10.2 Å². The Morgan fingerprint density at radius 3 is 2.75 bits per heavy atom. The number of carbonyl (C=O) groups excluding carboxylic acids is 2. The minimum atomic E-state index is -1.51. The van der Waals surface area contributed by atoms with Crippen LogP contribution in [0.1, 0.15) is 44.3 Å². The summed E-state index contributed by atoms with van der Waals surface area (Å²) in [6.45, 7) is 2.69. The van der Waals surface area contributed by atoms with Crippen molar-refractivity contribution in [1.29, 1.82) is 0 Å². The third-order valence-electron chi connectivity index (χ3n) is 5.89. The van der Waals surface area contributed by atoms with Crippen LogP contribution in [0.3, 0.4) is 0 Å². The first-order valence-corrected chi connectivity index (χ1v) is 11.7. The lowest BCUT2D eigenvalue weighted by Crippen LogP contribution is -2.31. The van der Waals surface area contributed by atoms with Crippen LogP contribution in [0.25, 0.3) is 6.08 Å². The zero-order valence-corrected chi connectivity index (χ0v) is 18.4. The van der Waals surface area contributed by atoms with Gasteiger partial charge in [0.1, 0.15) is 0 Å². The maximum absolute atomic E-state index is 13.2. The number of hydrogen-bond acceptors (Lipinski definition) is 3. The quantitative estimate of drug-likeness (QED) is 0.654. The fourth-order valence-electron chi connectivity index (χ4n) is 4.22. The molecule has 1 N–H and O–H groups in total. The van der Waals surface area contributed by atoms with Gasteiger partial charge in [0, 0.05) is 18.7 Å². The number of allylic oxidation sites excluding steroid dienone is 1. The van der Waals surface area contributed by atoms with Gasteiger partial charge in [-0.15, -0.1) is 0 Å². The minimum absolute atomic E-state index is 0.209. The lowest BCUT2D eigenvalue weighted by atomic mass is 10.1. The van der Waals surface area contributed by atoms with Crippen molar-refractivity contribution in [1.82, 2.24) is 5.32 Å². The first-order chi connectivity index (χ1) is 15.6. The van der Waals surface area contributed by atoms with E-state index in [1.807, 2.05) is 13.0 Å². The lowest BCUT2D eigenvalue weighted by molar-refractivity contribution is 0.0947. The van der Waals surface area contributed by atoms with Crippen LogP contribution in [0.15, 0.2) is 76.5 Å². The summed E-state index contributed by atoms with van der Waals surface area (Å²) in [4.78, 5) is 28.7. The molecule has 0 radical (unpaired) electrons. The van der Waals surface area contributed by atoms with Gasteiger partial charge in [-0.3, -0.25) is 9.59 Å². The van der Waals surface area contributed by atoms with Gasteiger partial charge in [0.25, 0.3) is 11.8 Å². The molecule has 1 unspecified atom stereocenters. The van der Waals surface area contributed by atoms with E-state index in [1.54, 1.807) is 47.4 Å². The Balaban J connectivity index is 1.43. The Morgan fingerprint density at radius 1 is 1.06 bits per heavy atom. The number of nitrogens with zero attached hydrogens (tertiary/aromatic N) is 1. The summed E-state index contributed by atoms with van der Waals surface area (Å²) >= 11 is 0. The third kappa shape index (κ3) is 3.46. The van der Waals surface area contributed by atoms with E-state index < -0.39 is 10.8 Å². The molecule has 3 aromatic carbocycles. The van der Waals surface area contributed by atoms with Crippen molar-refractivity contribution >= 4 is 34.4 Å². The second-order valence-electron chi connectivity index (χ2n) is 7.82. The number of nitrogens with one attached hydrogen (secondary N) is 1. The predicted octanol–water partition coefficient (Wildman–Crippen LogP) is 4.33. The van der Waals surface area contributed by atoms with Crippen LogP contribution in [-0.4, -0.2) is 22.6 Å². The molecule has 1 aliphatic carbocycles. The molecule has 1 aliphatic heterocycles. The predicted molar refractivity (Wildman–Crippen MR) is 125 cm³/mol. The second-order valence-corrected chi connectivity index (χ2v) is 9.24. The molecule has 2 amide bonds. The van der Waals surface area contributed by atoms with Crippen LogP contribution in [0.5, 0.6) is 0 Å². The Bertz CT molecular complexity index is 1310. The molecule has 1 atom stereocenters. The maximum atomic E-state index is 13.2. The molecule has 3 aromatic rings. The lowest BCUT2D eigenvalue weighted by Gasteiger charge is -2.21. The van der Waals surface area contributed by atoms with E-state index in [1.165, 1.54) is 11.1 Å². The van der Waals surface area contributed by atoms with E-state index in [2.05, 4.69) is 29.6 Å². The van der Waals surface area contributed by atoms with Gasteiger partial charge in [-0.2, -0.15) is 0 Å². The molecule has 6 heteroatoms. The van der Waals surface area contributed by atoms with Crippen LogP contribution >= 0.6 is 0 Å². The Morgan fingerprint density at radius 2 is 1.91 bits per heavy atom. The Kier molecular flexibility index (Phi) is 5.23. The van der Waals surface area contributed by atoms with E-state index >= 15 is 0 Å². The van der Waals surface area contributed by atoms with E-state index in [0.717, 1.165) is 12.0 Å². The number of hydrogen-bond donors (Lipinski definition) is 1. The van der Waals surface area contributed by atoms with Crippen molar-refractivity contribution in [3.63, 3.8) is 0 Å². The van der Waals surface area contributed by atoms with Crippen LogP contribution in [-0.2, 0) is 23.8 Å². The van der Waals surface area contributed by atoms with Crippen molar-refractivity contribution in [2.24, 2.45) is 0 Å². The van der Waals surface area contributed by atoms with E-state index in [4.69, 9.17) is 0 Å². The van der Waals surface area contributed by atoms with Gasteiger partial charge in [-0.1, -0.05) is 42.5 Å². The molecule has 0 spiro atoms. The van der Waals surface area contributed by atoms with Crippen LogP contribution in [0, 0.1) is 0 Å². The first-order valence-electron chi connectivity index (χ1n) is 10.6. The summed E-state index contributed by atoms with van der Waals surface area (Å²) in [6.07, 6.45) is 5.16. The molecular weight excluding hydrogens is 420 g/mol. The second kappa shape index (κ2) is 8.20. The zero-order chi connectivity index (χ0) is 22.2. The first kappa shape index (κ1) is 20.4. The van der Waals surface area contributed by atoms with E-state index in [-0.39, 0.29) is 11.8 Å². The number of fused-ring (bicyclic) bond motifs is 3. The Labute approximate surface area is 189 Å². The highest BCUT2D eigenvalue weighted by molar-refractivity contribution is 7.85. The maximum Gasteiger partial charge on any atom is 0.259 e. The van der Waals surface area contributed by atoms with Gasteiger partial charge in [-0.05, 0) is 60.4 Å². The number of carbonyl (C=O) groups is 2. The molecule has 5 rings (SSSR count). The summed E-state index contributed by atoms with van der Waals surface area (Å²) < 4.78 is 13.2. The molecule has 0 bridgehead atoms. The molecule has 0 saturated carbocycles. The van der Waals surface area contributed by atoms with Crippen molar-refractivity contribution in [3.8, 4) is 0 Å². The largest absolute Gasteiger partial charge is 0.348 e. The summed E-state index contributed by atoms with van der Waals surface area (Å²) in [5.74, 6) is -0.443. The summed E-state index contributed by atoms with van der Waals surface area (Å²) in [6, 6.07) is 18.2. The van der Waals surface area contributed by atoms with Crippen LogP contribution in [0.2, 0.25) is 0 Å². The molecule has 2 aliphatic rings. The summed E-state index contributed by atoms with van der Waals surface area (Å²) in [5, 5.41) is 2.96. The zero-order valence-electron chi connectivity index (χ0n) is 17.6. The third-order valence-corrected chi connectivity index (χ3v) is 7.39. The minimum Gasteiger partial charge on any atom is -0.348 e. The number of anilines is 1. The van der Waals surface area contributed by atoms with E-state index in [0.29, 0.717) is 39.7 Å². The summed E-state index contributed by atoms with van der Waals surface area (Å²) in [5.41, 5.74) is 4.91. The molecular formula is C26H22N2O3S. The number of benzene rings is 3. The summed E-state index contributed by atoms with van der Waals surface area (Å²) in [7, 11) is -1.51. The van der Waals surface area contributed by atoms with E-state index in [9.17, 15) is 13.8 Å². The topological polar surface area (TPSA) is 66.5 Å². The molecule has 0 saturated heterocycles. The Hall–Kier alpha value is -3.51. The average Bonchev–Trinajstić information content (AvgIpc) is 3.27. The fraction of sp³-hybridized carbons (Fsp3) is 0.154. The highest BCUT2D eigenvalue weighted by Crippen LogP contribution is 2.35. The van der Waals surface area contributed by atoms with Gasteiger partial charge in [-0.25, -0.2) is 4.21 Å². The van der Waals surface area contributed by atoms with Crippen molar-refractivity contribution in [3.05, 3.63) is 94.6 Å². The van der Waals surface area contributed by atoms with Gasteiger partial charge in [0.2, 0.25) is 0 Å². The SMILES string of the molecule is CCN1C(=O)c2ccccc2S(=O)c2ccc(C(=O)NCc3ccc4c(c3)CC=C4)cc21. The smallest absolute Gasteiger partial charge is 0.259 e. The van der Waals surface area contributed by atoms with Crippen LogP contribution in [0.4, 0.5) is 5.69 Å². The molecule has 32 heavy (non-hydrogen) atoms.